The molecule has 0 aliphatic rings. The smallest absolute Gasteiger partial charge is 0.133 e. The van der Waals surface area contributed by atoms with Crippen LogP contribution in [0.4, 0.5) is 5.69 Å². The largest absolute Gasteiger partial charge is 0.493 e. The summed E-state index contributed by atoms with van der Waals surface area (Å²) in [6, 6.07) is 12.4. The van der Waals surface area contributed by atoms with Crippen molar-refractivity contribution < 1.29 is 4.74 Å². The van der Waals surface area contributed by atoms with Crippen molar-refractivity contribution in [1.29, 1.82) is 0 Å². The maximum absolute atomic E-state index is 5.51. The van der Waals surface area contributed by atoms with Gasteiger partial charge >= 0.3 is 0 Å². The molecule has 0 atom stereocenters. The van der Waals surface area contributed by atoms with Gasteiger partial charge in [-0.05, 0) is 71.2 Å². The molecule has 2 aromatic rings. The highest BCUT2D eigenvalue weighted by atomic mass is 79.9. The Hall–Kier alpha value is -1.000. The Kier molecular flexibility index (Phi) is 5.49. The van der Waals surface area contributed by atoms with Crippen molar-refractivity contribution in [3.05, 3.63) is 56.5 Å². The van der Waals surface area contributed by atoms with Crippen molar-refractivity contribution in [2.45, 2.75) is 20.4 Å². The summed E-state index contributed by atoms with van der Waals surface area (Å²) in [5.74, 6) is 0.885. The van der Waals surface area contributed by atoms with Gasteiger partial charge in [-0.3, -0.25) is 0 Å². The molecule has 0 amide bonds. The molecular weight excluding hydrogens is 382 g/mol. The number of ether oxygens (including phenoxy) is 1. The molecule has 0 bridgehead atoms. The van der Waals surface area contributed by atoms with Gasteiger partial charge in [-0.15, -0.1) is 0 Å². The van der Waals surface area contributed by atoms with Gasteiger partial charge in [0.05, 0.1) is 11.1 Å². The zero-order valence-corrected chi connectivity index (χ0v) is 14.7. The van der Waals surface area contributed by atoms with Crippen LogP contribution in [0.3, 0.4) is 0 Å². The summed E-state index contributed by atoms with van der Waals surface area (Å²) in [4.78, 5) is 0. The molecule has 20 heavy (non-hydrogen) atoms. The van der Waals surface area contributed by atoms with Crippen LogP contribution in [0.5, 0.6) is 5.75 Å². The molecule has 0 saturated carbocycles. The number of nitrogens with one attached hydrogen (secondary N) is 1. The minimum Gasteiger partial charge on any atom is -0.493 e. The van der Waals surface area contributed by atoms with Crippen molar-refractivity contribution in [2.75, 3.05) is 11.9 Å². The fourth-order valence-corrected chi connectivity index (χ4v) is 2.97. The first-order chi connectivity index (χ1) is 9.60. The molecule has 0 radical (unpaired) electrons. The Morgan fingerprint density at radius 2 is 1.90 bits per heavy atom. The van der Waals surface area contributed by atoms with Gasteiger partial charge in [0.1, 0.15) is 5.75 Å². The minimum atomic E-state index is 0.675. The second-order valence-corrected chi connectivity index (χ2v) is 6.28. The Labute approximate surface area is 136 Å². The van der Waals surface area contributed by atoms with E-state index < -0.39 is 0 Å². The number of hydrogen-bond donors (Lipinski definition) is 1. The molecule has 0 unspecified atom stereocenters. The van der Waals surface area contributed by atoms with Gasteiger partial charge in [-0.2, -0.15) is 0 Å². The van der Waals surface area contributed by atoms with Crippen molar-refractivity contribution >= 4 is 37.5 Å². The number of benzene rings is 2. The fourth-order valence-electron chi connectivity index (χ4n) is 1.95. The average molecular weight is 399 g/mol. The van der Waals surface area contributed by atoms with E-state index in [2.05, 4.69) is 68.4 Å². The lowest BCUT2D eigenvalue weighted by molar-refractivity contribution is 0.338. The van der Waals surface area contributed by atoms with Crippen LogP contribution in [-0.2, 0) is 6.54 Å². The lowest BCUT2D eigenvalue weighted by Gasteiger charge is -2.12. The van der Waals surface area contributed by atoms with E-state index in [1.165, 1.54) is 11.1 Å². The molecule has 4 heteroatoms. The van der Waals surface area contributed by atoms with Crippen molar-refractivity contribution in [1.82, 2.24) is 0 Å². The Morgan fingerprint density at radius 3 is 2.55 bits per heavy atom. The van der Waals surface area contributed by atoms with Gasteiger partial charge < -0.3 is 10.1 Å². The second kappa shape index (κ2) is 7.14. The predicted molar refractivity (Wildman–Crippen MR) is 91.5 cm³/mol. The molecule has 2 nitrogen and oxygen atoms in total. The number of hydrogen-bond acceptors (Lipinski definition) is 2. The zero-order chi connectivity index (χ0) is 14.5. The van der Waals surface area contributed by atoms with E-state index >= 15 is 0 Å². The van der Waals surface area contributed by atoms with Crippen molar-refractivity contribution in [2.24, 2.45) is 0 Å². The van der Waals surface area contributed by atoms with Gasteiger partial charge in [0.2, 0.25) is 0 Å². The second-order valence-electron chi connectivity index (χ2n) is 4.51. The molecule has 0 aliphatic heterocycles. The molecule has 0 spiro atoms. The monoisotopic (exact) mass is 397 g/mol. The first-order valence-electron chi connectivity index (χ1n) is 6.51. The normalized spacial score (nSPS) is 10.4. The van der Waals surface area contributed by atoms with E-state index in [-0.39, 0.29) is 0 Å². The van der Waals surface area contributed by atoms with Crippen LogP contribution in [0.15, 0.2) is 45.3 Å². The fraction of sp³-hybridized carbons (Fsp3) is 0.250. The summed E-state index contributed by atoms with van der Waals surface area (Å²) in [5.41, 5.74) is 3.59. The first-order valence-corrected chi connectivity index (χ1v) is 8.10. The van der Waals surface area contributed by atoms with Crippen LogP contribution < -0.4 is 10.1 Å². The molecule has 0 aromatic heterocycles. The molecule has 0 fully saturated rings. The topological polar surface area (TPSA) is 21.3 Å². The number of aryl methyl sites for hydroxylation is 1. The van der Waals surface area contributed by atoms with Crippen LogP contribution in [-0.4, -0.2) is 6.61 Å². The molecule has 0 aliphatic carbocycles. The summed E-state index contributed by atoms with van der Waals surface area (Å²) in [6.45, 7) is 5.54. The van der Waals surface area contributed by atoms with Gasteiger partial charge in [-0.25, -0.2) is 0 Å². The molecule has 2 aromatic carbocycles. The molecule has 106 valence electrons. The highest BCUT2D eigenvalue weighted by Gasteiger charge is 2.03. The molecule has 0 heterocycles. The van der Waals surface area contributed by atoms with Crippen LogP contribution in [0.25, 0.3) is 0 Å². The van der Waals surface area contributed by atoms with Crippen LogP contribution >= 0.6 is 31.9 Å². The summed E-state index contributed by atoms with van der Waals surface area (Å²) >= 11 is 7.02. The van der Waals surface area contributed by atoms with Gasteiger partial charge in [0.15, 0.2) is 0 Å². The molecular formula is C16H17Br2NO. The zero-order valence-electron chi connectivity index (χ0n) is 11.5. The van der Waals surface area contributed by atoms with Crippen LogP contribution in [0, 0.1) is 6.92 Å². The van der Waals surface area contributed by atoms with E-state index in [9.17, 15) is 0 Å². The Morgan fingerprint density at radius 1 is 1.10 bits per heavy atom. The van der Waals surface area contributed by atoms with Crippen LogP contribution in [0.2, 0.25) is 0 Å². The Bertz CT molecular complexity index is 599. The lowest BCUT2D eigenvalue weighted by atomic mass is 10.1. The quantitative estimate of drug-likeness (QED) is 0.714. The maximum atomic E-state index is 5.51. The standard InChI is InChI=1S/C16H17Br2NO/c1-3-20-16-7-4-12(9-14(16)18)10-19-15-6-5-13(17)8-11(15)2/h4-9,19H,3,10H2,1-2H3. The molecule has 2 rings (SSSR count). The van der Waals surface area contributed by atoms with E-state index in [1.54, 1.807) is 0 Å². The number of rotatable bonds is 5. The molecule has 0 saturated heterocycles. The maximum Gasteiger partial charge on any atom is 0.133 e. The van der Waals surface area contributed by atoms with Crippen molar-refractivity contribution in [3.63, 3.8) is 0 Å². The number of anilines is 1. The summed E-state index contributed by atoms with van der Waals surface area (Å²) < 4.78 is 7.61. The summed E-state index contributed by atoms with van der Waals surface area (Å²) in [6.07, 6.45) is 0. The first kappa shape index (κ1) is 15.4. The number of halogens is 2. The highest BCUT2D eigenvalue weighted by Crippen LogP contribution is 2.27. The van der Waals surface area contributed by atoms with Gasteiger partial charge in [0.25, 0.3) is 0 Å². The third-order valence-electron chi connectivity index (χ3n) is 2.97. The summed E-state index contributed by atoms with van der Waals surface area (Å²) in [5, 5.41) is 3.45. The van der Waals surface area contributed by atoms with E-state index in [0.717, 1.165) is 26.9 Å². The van der Waals surface area contributed by atoms with Gasteiger partial charge in [-0.1, -0.05) is 22.0 Å². The van der Waals surface area contributed by atoms with E-state index in [0.29, 0.717) is 6.61 Å². The lowest BCUT2D eigenvalue weighted by Crippen LogP contribution is -2.01. The van der Waals surface area contributed by atoms with Crippen LogP contribution in [0.1, 0.15) is 18.1 Å². The minimum absolute atomic E-state index is 0.675. The third kappa shape index (κ3) is 4.00. The van der Waals surface area contributed by atoms with E-state index in [4.69, 9.17) is 4.74 Å². The SMILES string of the molecule is CCOc1ccc(CNc2ccc(Br)cc2C)cc1Br. The van der Waals surface area contributed by atoms with Gasteiger partial charge in [0, 0.05) is 16.7 Å². The third-order valence-corrected chi connectivity index (χ3v) is 4.08. The highest BCUT2D eigenvalue weighted by molar-refractivity contribution is 9.10. The Balaban J connectivity index is 2.05. The predicted octanol–water partition coefficient (Wildman–Crippen LogP) is 5.53. The van der Waals surface area contributed by atoms with Crippen molar-refractivity contribution in [3.8, 4) is 5.75 Å². The molecule has 1 N–H and O–H groups in total. The van der Waals surface area contributed by atoms with E-state index in [1.807, 2.05) is 19.1 Å². The summed E-state index contributed by atoms with van der Waals surface area (Å²) in [7, 11) is 0. The average Bonchev–Trinajstić information content (AvgIpc) is 2.41.